The van der Waals surface area contributed by atoms with Gasteiger partial charge in [-0.15, -0.1) is 0 Å². The molecule has 1 amide bonds. The predicted octanol–water partition coefficient (Wildman–Crippen LogP) is 5.27. The second-order valence-corrected chi connectivity index (χ2v) is 7.54. The van der Waals surface area contributed by atoms with Crippen LogP contribution in [0, 0.1) is 0 Å². The molecule has 2 aromatic carbocycles. The third-order valence-electron chi connectivity index (χ3n) is 5.34. The van der Waals surface area contributed by atoms with E-state index in [9.17, 15) is 9.59 Å². The third-order valence-corrected chi connectivity index (χ3v) is 5.57. The van der Waals surface area contributed by atoms with Gasteiger partial charge in [0.15, 0.2) is 5.78 Å². The number of hydrogen-bond donors (Lipinski definition) is 0. The lowest BCUT2D eigenvalue weighted by atomic mass is 9.77. The molecule has 0 saturated heterocycles. The number of rotatable bonds is 4. The number of carbonyl (C=O) groups is 2. The molecule has 0 bridgehead atoms. The van der Waals surface area contributed by atoms with E-state index in [0.717, 1.165) is 34.7 Å². The molecule has 0 saturated carbocycles. The van der Waals surface area contributed by atoms with Gasteiger partial charge in [0.2, 0.25) is 5.91 Å². The fraction of sp³-hybridized carbons (Fsp3) is 0.304. The van der Waals surface area contributed by atoms with Crippen LogP contribution in [-0.2, 0) is 9.59 Å². The lowest BCUT2D eigenvalue weighted by Gasteiger charge is -2.38. The fourth-order valence-electron chi connectivity index (χ4n) is 4.16. The zero-order valence-corrected chi connectivity index (χ0v) is 16.5. The zero-order chi connectivity index (χ0) is 19.7. The summed E-state index contributed by atoms with van der Waals surface area (Å²) in [5.41, 5.74) is 3.30. The monoisotopic (exact) mass is 395 g/mol. The minimum atomic E-state index is -0.207. The van der Waals surface area contributed by atoms with Crippen molar-refractivity contribution in [3.63, 3.8) is 0 Å². The Morgan fingerprint density at radius 1 is 1.11 bits per heavy atom. The van der Waals surface area contributed by atoms with E-state index in [1.807, 2.05) is 43.3 Å². The molecule has 144 valence electrons. The van der Waals surface area contributed by atoms with Gasteiger partial charge in [0.1, 0.15) is 5.75 Å². The van der Waals surface area contributed by atoms with E-state index < -0.39 is 0 Å². The van der Waals surface area contributed by atoms with E-state index in [1.54, 1.807) is 17.0 Å². The summed E-state index contributed by atoms with van der Waals surface area (Å²) >= 11 is 6.15. The van der Waals surface area contributed by atoms with Crippen LogP contribution in [0.1, 0.15) is 44.1 Å². The van der Waals surface area contributed by atoms with Crippen molar-refractivity contribution >= 4 is 29.0 Å². The Labute approximate surface area is 169 Å². The van der Waals surface area contributed by atoms with Crippen LogP contribution in [0.3, 0.4) is 0 Å². The molecule has 0 fully saturated rings. The molecule has 5 heteroatoms. The quantitative estimate of drug-likeness (QED) is 0.708. The Balaban J connectivity index is 1.78. The average Bonchev–Trinajstić information content (AvgIpc) is 2.68. The Morgan fingerprint density at radius 3 is 2.61 bits per heavy atom. The van der Waals surface area contributed by atoms with E-state index in [-0.39, 0.29) is 24.0 Å². The smallest absolute Gasteiger partial charge is 0.232 e. The minimum absolute atomic E-state index is 0.00500. The molecule has 0 radical (unpaired) electrons. The lowest BCUT2D eigenvalue weighted by Crippen LogP contribution is -2.40. The molecule has 4 nitrogen and oxygen atoms in total. The molecule has 0 aromatic heterocycles. The maximum atomic E-state index is 13.1. The second-order valence-electron chi connectivity index (χ2n) is 7.10. The van der Waals surface area contributed by atoms with Gasteiger partial charge in [-0.3, -0.25) is 14.5 Å². The Kier molecular flexibility index (Phi) is 5.23. The lowest BCUT2D eigenvalue weighted by molar-refractivity contribution is -0.119. The van der Waals surface area contributed by atoms with Gasteiger partial charge in [0.05, 0.1) is 12.3 Å². The summed E-state index contributed by atoms with van der Waals surface area (Å²) < 4.78 is 5.52. The van der Waals surface area contributed by atoms with Crippen molar-refractivity contribution in [3.05, 3.63) is 70.4 Å². The van der Waals surface area contributed by atoms with Crippen molar-refractivity contribution in [1.82, 2.24) is 0 Å². The summed E-state index contributed by atoms with van der Waals surface area (Å²) in [4.78, 5) is 27.7. The van der Waals surface area contributed by atoms with Crippen LogP contribution in [-0.4, -0.2) is 18.3 Å². The molecular weight excluding hydrogens is 374 g/mol. The SMILES string of the molecule is CCOc1ccc(C2CC(=O)N(c3cccc(Cl)c3)C3=C2C(=O)CCC3)cc1. The highest BCUT2D eigenvalue weighted by Crippen LogP contribution is 2.43. The number of halogens is 1. The highest BCUT2D eigenvalue weighted by Gasteiger charge is 2.39. The number of allylic oxidation sites excluding steroid dienone is 2. The van der Waals surface area contributed by atoms with Crippen LogP contribution in [0.2, 0.25) is 5.02 Å². The molecule has 2 aliphatic rings. The van der Waals surface area contributed by atoms with Gasteiger partial charge >= 0.3 is 0 Å². The van der Waals surface area contributed by atoms with Crippen LogP contribution >= 0.6 is 11.6 Å². The summed E-state index contributed by atoms with van der Waals surface area (Å²) in [5, 5.41) is 0.572. The molecule has 1 unspecified atom stereocenters. The highest BCUT2D eigenvalue weighted by molar-refractivity contribution is 6.31. The van der Waals surface area contributed by atoms with E-state index in [1.165, 1.54) is 0 Å². The molecule has 4 rings (SSSR count). The largest absolute Gasteiger partial charge is 0.494 e. The van der Waals surface area contributed by atoms with Crippen LogP contribution < -0.4 is 9.64 Å². The second kappa shape index (κ2) is 7.80. The Hall–Kier alpha value is -2.59. The van der Waals surface area contributed by atoms with Crippen molar-refractivity contribution in [3.8, 4) is 5.75 Å². The molecule has 28 heavy (non-hydrogen) atoms. The summed E-state index contributed by atoms with van der Waals surface area (Å²) in [7, 11) is 0. The van der Waals surface area contributed by atoms with E-state index >= 15 is 0 Å². The Bertz CT molecular complexity index is 949. The van der Waals surface area contributed by atoms with Crippen molar-refractivity contribution in [1.29, 1.82) is 0 Å². The van der Waals surface area contributed by atoms with E-state index in [4.69, 9.17) is 16.3 Å². The number of nitrogens with zero attached hydrogens (tertiary/aromatic N) is 1. The number of benzene rings is 2. The maximum Gasteiger partial charge on any atom is 0.232 e. The molecule has 1 aliphatic carbocycles. The van der Waals surface area contributed by atoms with Gasteiger partial charge in [-0.1, -0.05) is 29.8 Å². The van der Waals surface area contributed by atoms with Crippen molar-refractivity contribution < 1.29 is 14.3 Å². The number of hydrogen-bond acceptors (Lipinski definition) is 3. The van der Waals surface area contributed by atoms with Gasteiger partial charge in [0, 0.05) is 35.1 Å². The number of Topliss-reactive ketones (excluding diaryl/α,β-unsaturated/α-hetero) is 1. The Morgan fingerprint density at radius 2 is 1.89 bits per heavy atom. The van der Waals surface area contributed by atoms with Crippen molar-refractivity contribution in [2.75, 3.05) is 11.5 Å². The zero-order valence-electron chi connectivity index (χ0n) is 15.8. The van der Waals surface area contributed by atoms with E-state index in [0.29, 0.717) is 24.5 Å². The van der Waals surface area contributed by atoms with Crippen LogP contribution in [0.15, 0.2) is 59.8 Å². The van der Waals surface area contributed by atoms with Crippen molar-refractivity contribution in [2.24, 2.45) is 0 Å². The first-order valence-electron chi connectivity index (χ1n) is 9.66. The summed E-state index contributed by atoms with van der Waals surface area (Å²) in [6.45, 7) is 2.54. The van der Waals surface area contributed by atoms with Gasteiger partial charge in [0.25, 0.3) is 0 Å². The molecular formula is C23H22ClNO3. The first kappa shape index (κ1) is 18.8. The van der Waals surface area contributed by atoms with Crippen LogP contribution in [0.25, 0.3) is 0 Å². The topological polar surface area (TPSA) is 46.6 Å². The van der Waals surface area contributed by atoms with Gasteiger partial charge in [-0.05, 0) is 55.7 Å². The molecule has 1 heterocycles. The standard InChI is InChI=1S/C23H22ClNO3/c1-2-28-18-11-9-15(10-12-18)19-14-22(27)25(17-6-3-5-16(24)13-17)20-7-4-8-21(26)23(19)20/h3,5-6,9-13,19H,2,4,7-8,14H2,1H3. The number of carbonyl (C=O) groups excluding carboxylic acids is 2. The normalized spacial score (nSPS) is 19.6. The number of ether oxygens (including phenoxy) is 1. The van der Waals surface area contributed by atoms with Gasteiger partial charge < -0.3 is 4.74 Å². The van der Waals surface area contributed by atoms with Crippen LogP contribution in [0.4, 0.5) is 5.69 Å². The highest BCUT2D eigenvalue weighted by atomic mass is 35.5. The summed E-state index contributed by atoms with van der Waals surface area (Å²) in [6.07, 6.45) is 2.28. The molecule has 0 spiro atoms. The summed E-state index contributed by atoms with van der Waals surface area (Å²) in [6, 6.07) is 15.0. The molecule has 1 aliphatic heterocycles. The van der Waals surface area contributed by atoms with Gasteiger partial charge in [-0.2, -0.15) is 0 Å². The van der Waals surface area contributed by atoms with E-state index in [2.05, 4.69) is 0 Å². The average molecular weight is 396 g/mol. The number of anilines is 1. The minimum Gasteiger partial charge on any atom is -0.494 e. The van der Waals surface area contributed by atoms with Gasteiger partial charge in [-0.25, -0.2) is 0 Å². The number of amides is 1. The first-order chi connectivity index (χ1) is 13.6. The molecule has 2 aromatic rings. The first-order valence-corrected chi connectivity index (χ1v) is 10.0. The third kappa shape index (κ3) is 3.45. The summed E-state index contributed by atoms with van der Waals surface area (Å²) in [5.74, 6) is 0.716. The predicted molar refractivity (Wildman–Crippen MR) is 110 cm³/mol. The number of ketones is 1. The fourth-order valence-corrected chi connectivity index (χ4v) is 4.34. The molecule has 0 N–H and O–H groups in total. The maximum absolute atomic E-state index is 13.1. The van der Waals surface area contributed by atoms with Crippen LogP contribution in [0.5, 0.6) is 5.75 Å². The molecule has 1 atom stereocenters. The van der Waals surface area contributed by atoms with Crippen molar-refractivity contribution in [2.45, 2.75) is 38.5 Å².